The molecule has 0 unspecified atom stereocenters. The average molecular weight is 205 g/mol. The summed E-state index contributed by atoms with van der Waals surface area (Å²) in [6.07, 6.45) is 1.35. The lowest BCUT2D eigenvalue weighted by Gasteiger charge is -2.40. The van der Waals surface area contributed by atoms with Gasteiger partial charge in [0.2, 0.25) is 0 Å². The molecule has 0 aliphatic carbocycles. The van der Waals surface area contributed by atoms with Crippen molar-refractivity contribution in [2.24, 2.45) is 0 Å². The second-order valence-corrected chi connectivity index (χ2v) is 4.56. The number of hydrogen-bond acceptors (Lipinski definition) is 1. The molecule has 0 aromatic carbocycles. The van der Waals surface area contributed by atoms with Crippen molar-refractivity contribution in [1.82, 2.24) is 4.98 Å². The number of pyridine rings is 1. The van der Waals surface area contributed by atoms with Gasteiger partial charge in [-0.05, 0) is 12.1 Å². The van der Waals surface area contributed by atoms with Crippen molar-refractivity contribution in [2.45, 2.75) is 4.90 Å². The van der Waals surface area contributed by atoms with Gasteiger partial charge in [0.25, 0.3) is 0 Å². The van der Waals surface area contributed by atoms with Crippen LogP contribution in [0.5, 0.6) is 0 Å². The van der Waals surface area contributed by atoms with E-state index in [1.54, 1.807) is 0 Å². The summed E-state index contributed by atoms with van der Waals surface area (Å²) in [5.41, 5.74) is 0. The first-order valence-electron chi connectivity index (χ1n) is 2.74. The van der Waals surface area contributed by atoms with E-state index in [1.165, 1.54) is 0 Å². The van der Waals surface area contributed by atoms with Gasteiger partial charge in [-0.1, -0.05) is 19.4 Å². The maximum atomic E-state index is 11.9. The lowest BCUT2D eigenvalue weighted by Crippen LogP contribution is -2.05. The summed E-state index contributed by atoms with van der Waals surface area (Å²) in [6, 6.07) is 0.503. The molecule has 0 radical (unpaired) electrons. The highest BCUT2D eigenvalue weighted by atomic mass is 32.5. The first-order valence-corrected chi connectivity index (χ1v) is 4.69. The number of aromatic nitrogens is 1. The van der Waals surface area contributed by atoms with Crippen molar-refractivity contribution in [3.05, 3.63) is 24.5 Å². The third-order valence-corrected chi connectivity index (χ3v) is 2.26. The van der Waals surface area contributed by atoms with Crippen LogP contribution in [0.4, 0.5) is 19.4 Å². The van der Waals surface area contributed by atoms with Crippen LogP contribution in [0.15, 0.2) is 29.4 Å². The molecular weight excluding hydrogens is 201 g/mol. The van der Waals surface area contributed by atoms with Crippen molar-refractivity contribution in [2.75, 3.05) is 0 Å². The molecule has 70 valence electrons. The number of rotatable bonds is 1. The smallest absolute Gasteiger partial charge is 0.265 e. The quantitative estimate of drug-likeness (QED) is 0.636. The van der Waals surface area contributed by atoms with Crippen molar-refractivity contribution in [1.29, 1.82) is 0 Å². The SMILES string of the molecule is FS(F)(F)(F)(F)c1ccncc1. The van der Waals surface area contributed by atoms with E-state index in [0.29, 0.717) is 12.4 Å². The Morgan fingerprint density at radius 1 is 0.917 bits per heavy atom. The Kier molecular flexibility index (Phi) is 1.33. The van der Waals surface area contributed by atoms with E-state index >= 15 is 0 Å². The molecule has 0 aliphatic heterocycles. The molecule has 1 aromatic heterocycles. The summed E-state index contributed by atoms with van der Waals surface area (Å²) >= 11 is 0. The summed E-state index contributed by atoms with van der Waals surface area (Å²) < 4.78 is 59.6. The third-order valence-electron chi connectivity index (χ3n) is 1.10. The molecule has 0 spiro atoms. The van der Waals surface area contributed by atoms with Crippen LogP contribution in [0.2, 0.25) is 0 Å². The summed E-state index contributed by atoms with van der Waals surface area (Å²) in [4.78, 5) is 1.29. The molecule has 0 N–H and O–H groups in total. The molecule has 0 amide bonds. The van der Waals surface area contributed by atoms with Gasteiger partial charge in [-0.3, -0.25) is 4.98 Å². The Hall–Kier alpha value is -0.850. The first kappa shape index (κ1) is 9.24. The van der Waals surface area contributed by atoms with Crippen LogP contribution in [-0.4, -0.2) is 4.98 Å². The Morgan fingerprint density at radius 2 is 1.33 bits per heavy atom. The molecule has 1 nitrogen and oxygen atoms in total. The molecule has 0 fully saturated rings. The fraction of sp³-hybridized carbons (Fsp3) is 0. The van der Waals surface area contributed by atoms with E-state index in [-0.39, 0.29) is 12.1 Å². The molecule has 12 heavy (non-hydrogen) atoms. The Bertz CT molecular complexity index is 289. The fourth-order valence-corrected chi connectivity index (χ4v) is 1.23. The first-order chi connectivity index (χ1) is 5.09. The molecule has 0 atom stereocenters. The summed E-state index contributed by atoms with van der Waals surface area (Å²) in [5.74, 6) is 0. The maximum Gasteiger partial charge on any atom is 0.310 e. The van der Waals surface area contributed by atoms with Crippen LogP contribution in [0.25, 0.3) is 0 Å². The van der Waals surface area contributed by atoms with Gasteiger partial charge in [0.15, 0.2) is 0 Å². The molecule has 1 heterocycles. The number of nitrogens with zero attached hydrogens (tertiary/aromatic N) is 1. The monoisotopic (exact) mass is 205 g/mol. The minimum atomic E-state index is -9.47. The molecule has 0 bridgehead atoms. The van der Waals surface area contributed by atoms with Gasteiger partial charge < -0.3 is 0 Å². The van der Waals surface area contributed by atoms with Gasteiger partial charge in [-0.25, -0.2) is 0 Å². The molecule has 0 aliphatic rings. The third kappa shape index (κ3) is 2.07. The summed E-state index contributed by atoms with van der Waals surface area (Å²) in [7, 11) is -9.47. The van der Waals surface area contributed by atoms with E-state index in [9.17, 15) is 19.4 Å². The minimum Gasteiger partial charge on any atom is -0.265 e. The standard InChI is InChI=1S/C5H4F5NS/c6-12(7,8,9,10)5-1-3-11-4-2-5/h1-4H. The fourth-order valence-electron chi connectivity index (χ4n) is 0.595. The van der Waals surface area contributed by atoms with Gasteiger partial charge in [-0.15, -0.1) is 0 Å². The van der Waals surface area contributed by atoms with E-state index in [2.05, 4.69) is 4.98 Å². The van der Waals surface area contributed by atoms with Crippen molar-refractivity contribution < 1.29 is 19.4 Å². The predicted octanol–water partition coefficient (Wildman–Crippen LogP) is 3.74. The van der Waals surface area contributed by atoms with E-state index in [1.807, 2.05) is 0 Å². The zero-order chi connectivity index (χ0) is 9.52. The topological polar surface area (TPSA) is 12.9 Å². The van der Waals surface area contributed by atoms with Gasteiger partial charge in [0, 0.05) is 12.4 Å². The Labute approximate surface area is 65.0 Å². The maximum absolute atomic E-state index is 11.9. The predicted molar refractivity (Wildman–Crippen MR) is 35.6 cm³/mol. The molecule has 0 saturated heterocycles. The summed E-state index contributed by atoms with van der Waals surface area (Å²) in [6.45, 7) is 0. The van der Waals surface area contributed by atoms with Crippen LogP contribution < -0.4 is 0 Å². The highest BCUT2D eigenvalue weighted by molar-refractivity contribution is 8.45. The van der Waals surface area contributed by atoms with Gasteiger partial charge in [-0.2, -0.15) is 0 Å². The van der Waals surface area contributed by atoms with E-state index in [0.717, 1.165) is 0 Å². The number of halogens is 5. The lowest BCUT2D eigenvalue weighted by atomic mass is 10.5. The van der Waals surface area contributed by atoms with Gasteiger partial charge >= 0.3 is 10.2 Å². The molecular formula is C5H4F5NS. The van der Waals surface area contributed by atoms with Crippen LogP contribution in [0.3, 0.4) is 0 Å². The molecule has 1 aromatic rings. The van der Waals surface area contributed by atoms with Gasteiger partial charge in [0.05, 0.1) is 0 Å². The van der Waals surface area contributed by atoms with Crippen molar-refractivity contribution in [3.63, 3.8) is 0 Å². The normalized spacial score (nSPS) is 18.1. The highest BCUT2D eigenvalue weighted by Crippen LogP contribution is 3.02. The van der Waals surface area contributed by atoms with Gasteiger partial charge in [0.1, 0.15) is 4.90 Å². The van der Waals surface area contributed by atoms with Crippen LogP contribution in [0, 0.1) is 0 Å². The van der Waals surface area contributed by atoms with Crippen LogP contribution in [-0.2, 0) is 0 Å². The van der Waals surface area contributed by atoms with Crippen LogP contribution in [0.1, 0.15) is 0 Å². The zero-order valence-corrected chi connectivity index (χ0v) is 6.37. The molecule has 7 heteroatoms. The van der Waals surface area contributed by atoms with Crippen molar-refractivity contribution in [3.8, 4) is 0 Å². The van der Waals surface area contributed by atoms with Crippen LogP contribution >= 0.6 is 10.2 Å². The number of hydrogen-bond donors (Lipinski definition) is 0. The largest absolute Gasteiger partial charge is 0.310 e. The lowest BCUT2D eigenvalue weighted by molar-refractivity contribution is 0.364. The second kappa shape index (κ2) is 1.73. The average Bonchev–Trinajstić information content (AvgIpc) is 1.85. The highest BCUT2D eigenvalue weighted by Gasteiger charge is 2.65. The molecule has 1 rings (SSSR count). The van der Waals surface area contributed by atoms with Crippen molar-refractivity contribution >= 4 is 10.2 Å². The second-order valence-electron chi connectivity index (χ2n) is 2.15. The van der Waals surface area contributed by atoms with E-state index in [4.69, 9.17) is 0 Å². The zero-order valence-electron chi connectivity index (χ0n) is 5.55. The Balaban J connectivity index is 3.36. The summed E-state index contributed by atoms with van der Waals surface area (Å²) in [5, 5.41) is 0. The molecule has 0 saturated carbocycles. The minimum absolute atomic E-state index is 0.252. The Morgan fingerprint density at radius 3 is 1.58 bits per heavy atom. The van der Waals surface area contributed by atoms with E-state index < -0.39 is 15.1 Å².